The third-order valence-electron chi connectivity index (χ3n) is 4.85. The quantitative estimate of drug-likeness (QED) is 0.695. The zero-order chi connectivity index (χ0) is 15.5. The molecule has 2 aliphatic rings. The van der Waals surface area contributed by atoms with Crippen LogP contribution in [0.4, 0.5) is 4.79 Å². The van der Waals surface area contributed by atoms with Gasteiger partial charge in [-0.25, -0.2) is 4.79 Å². The van der Waals surface area contributed by atoms with Gasteiger partial charge < -0.3 is 15.7 Å². The maximum Gasteiger partial charge on any atom is 0.315 e. The summed E-state index contributed by atoms with van der Waals surface area (Å²) in [5.41, 5.74) is -0.530. The minimum absolute atomic E-state index is 0.0123. The van der Waals surface area contributed by atoms with Gasteiger partial charge in [0.05, 0.1) is 17.4 Å². The monoisotopic (exact) mass is 316 g/mol. The van der Waals surface area contributed by atoms with Crippen LogP contribution in [0, 0.1) is 5.92 Å². The van der Waals surface area contributed by atoms with Crippen molar-refractivity contribution in [1.29, 1.82) is 0 Å². The first-order valence-electron chi connectivity index (χ1n) is 8.07. The van der Waals surface area contributed by atoms with Crippen molar-refractivity contribution >= 4 is 16.8 Å². The van der Waals surface area contributed by atoms with Crippen molar-refractivity contribution in [2.45, 2.75) is 69.2 Å². The number of hydrogen-bond donors (Lipinski definition) is 3. The number of aliphatic hydroxyl groups excluding tert-OH is 1. The summed E-state index contributed by atoms with van der Waals surface area (Å²) >= 11 is 0. The number of rotatable bonds is 6. The topological polar surface area (TPSA) is 78.4 Å². The van der Waals surface area contributed by atoms with Gasteiger partial charge in [0, 0.05) is 22.6 Å². The van der Waals surface area contributed by atoms with Gasteiger partial charge in [0.2, 0.25) is 0 Å². The highest BCUT2D eigenvalue weighted by molar-refractivity contribution is 7.85. The Morgan fingerprint density at radius 3 is 2.52 bits per heavy atom. The van der Waals surface area contributed by atoms with Crippen LogP contribution in [0.5, 0.6) is 0 Å². The van der Waals surface area contributed by atoms with Crippen LogP contribution < -0.4 is 10.6 Å². The van der Waals surface area contributed by atoms with Crippen LogP contribution >= 0.6 is 0 Å². The Kier molecular flexibility index (Phi) is 5.66. The summed E-state index contributed by atoms with van der Waals surface area (Å²) in [6, 6.07) is -0.245. The highest BCUT2D eigenvalue weighted by Gasteiger charge is 2.42. The van der Waals surface area contributed by atoms with Gasteiger partial charge >= 0.3 is 6.03 Å². The number of urea groups is 1. The Hall–Kier alpha value is -0.620. The maximum absolute atomic E-state index is 12.2. The van der Waals surface area contributed by atoms with Crippen LogP contribution in [0.3, 0.4) is 0 Å². The lowest BCUT2D eigenvalue weighted by atomic mass is 9.94. The number of aliphatic hydroxyl groups is 1. The highest BCUT2D eigenvalue weighted by atomic mass is 32.2. The van der Waals surface area contributed by atoms with Crippen molar-refractivity contribution < 1.29 is 14.1 Å². The average molecular weight is 316 g/mol. The maximum atomic E-state index is 12.2. The Balaban J connectivity index is 1.92. The highest BCUT2D eigenvalue weighted by Crippen LogP contribution is 2.39. The first-order chi connectivity index (χ1) is 10.00. The zero-order valence-electron chi connectivity index (χ0n) is 13.1. The standard InChI is InChI=1S/C15H28N2O3S/c1-3-21(20)13-7-5-4-6-12(13)16-14(19)17-15(2,10-18)11-8-9-11/h11-13,18H,3-10H2,1-2H3,(H2,16,17,19). The molecule has 0 aromatic heterocycles. The molecule has 2 saturated carbocycles. The lowest BCUT2D eigenvalue weighted by Gasteiger charge is -2.34. The van der Waals surface area contributed by atoms with E-state index in [1.807, 2.05) is 13.8 Å². The van der Waals surface area contributed by atoms with Crippen molar-refractivity contribution in [1.82, 2.24) is 10.6 Å². The molecule has 5 nitrogen and oxygen atoms in total. The summed E-state index contributed by atoms with van der Waals surface area (Å²) in [4.78, 5) is 12.2. The molecule has 2 aliphatic carbocycles. The number of carbonyl (C=O) groups excluding carboxylic acids is 1. The molecule has 122 valence electrons. The summed E-state index contributed by atoms with van der Waals surface area (Å²) < 4.78 is 12.1. The number of hydrogen-bond acceptors (Lipinski definition) is 3. The van der Waals surface area contributed by atoms with E-state index in [0.29, 0.717) is 11.7 Å². The molecule has 2 fully saturated rings. The lowest BCUT2D eigenvalue weighted by Crippen LogP contribution is -2.58. The molecular weight excluding hydrogens is 288 g/mol. The van der Waals surface area contributed by atoms with Crippen LogP contribution in [-0.2, 0) is 10.8 Å². The van der Waals surface area contributed by atoms with E-state index in [2.05, 4.69) is 10.6 Å². The summed E-state index contributed by atoms with van der Waals surface area (Å²) in [5.74, 6) is 1.01. The minimum atomic E-state index is -0.873. The predicted molar refractivity (Wildman–Crippen MR) is 84.6 cm³/mol. The molecule has 0 bridgehead atoms. The van der Waals surface area contributed by atoms with Gasteiger partial charge in [-0.1, -0.05) is 19.8 Å². The smallest absolute Gasteiger partial charge is 0.315 e. The lowest BCUT2D eigenvalue weighted by molar-refractivity contribution is 0.153. The van der Waals surface area contributed by atoms with Crippen LogP contribution in [0.2, 0.25) is 0 Å². The average Bonchev–Trinajstić information content (AvgIpc) is 3.31. The van der Waals surface area contributed by atoms with E-state index in [4.69, 9.17) is 0 Å². The molecule has 0 aromatic carbocycles. The van der Waals surface area contributed by atoms with Crippen LogP contribution in [-0.4, -0.2) is 44.5 Å². The fraction of sp³-hybridized carbons (Fsp3) is 0.933. The molecule has 2 rings (SSSR count). The third-order valence-corrected chi connectivity index (χ3v) is 6.66. The molecule has 0 spiro atoms. The Labute approximate surface area is 129 Å². The minimum Gasteiger partial charge on any atom is -0.394 e. The Morgan fingerprint density at radius 1 is 1.29 bits per heavy atom. The molecule has 0 heterocycles. The van der Waals surface area contributed by atoms with Crippen molar-refractivity contribution in [3.05, 3.63) is 0 Å². The number of amides is 2. The van der Waals surface area contributed by atoms with Gasteiger partial charge in [0.15, 0.2) is 0 Å². The second kappa shape index (κ2) is 7.09. The van der Waals surface area contributed by atoms with Crippen LogP contribution in [0.25, 0.3) is 0 Å². The Morgan fingerprint density at radius 2 is 1.95 bits per heavy atom. The van der Waals surface area contributed by atoms with Crippen LogP contribution in [0.1, 0.15) is 52.4 Å². The largest absolute Gasteiger partial charge is 0.394 e. The van der Waals surface area contributed by atoms with E-state index in [1.54, 1.807) is 0 Å². The summed E-state index contributed by atoms with van der Waals surface area (Å²) in [6.07, 6.45) is 6.09. The first kappa shape index (κ1) is 16.7. The van der Waals surface area contributed by atoms with E-state index < -0.39 is 16.3 Å². The predicted octanol–water partition coefficient (Wildman–Crippen LogP) is 1.53. The van der Waals surface area contributed by atoms with Gasteiger partial charge in [-0.2, -0.15) is 0 Å². The first-order valence-corrected chi connectivity index (χ1v) is 9.45. The van der Waals surface area contributed by atoms with Gasteiger partial charge in [-0.05, 0) is 38.5 Å². The molecule has 4 atom stereocenters. The molecule has 4 unspecified atom stereocenters. The molecule has 0 radical (unpaired) electrons. The van der Waals surface area contributed by atoms with E-state index >= 15 is 0 Å². The number of carbonyl (C=O) groups is 1. The van der Waals surface area contributed by atoms with E-state index in [-0.39, 0.29) is 23.9 Å². The van der Waals surface area contributed by atoms with Gasteiger partial charge in [0.1, 0.15) is 0 Å². The molecule has 2 amide bonds. The normalized spacial score (nSPS) is 30.2. The molecule has 3 N–H and O–H groups in total. The zero-order valence-corrected chi connectivity index (χ0v) is 13.9. The molecule has 0 aromatic rings. The third kappa shape index (κ3) is 4.19. The number of nitrogens with one attached hydrogen (secondary N) is 2. The summed E-state index contributed by atoms with van der Waals surface area (Å²) in [6.45, 7) is 3.78. The van der Waals surface area contributed by atoms with Crippen molar-refractivity contribution in [3.8, 4) is 0 Å². The van der Waals surface area contributed by atoms with E-state index in [9.17, 15) is 14.1 Å². The molecule has 0 aliphatic heterocycles. The second-order valence-corrected chi connectivity index (χ2v) is 8.49. The summed E-state index contributed by atoms with van der Waals surface area (Å²) in [5, 5.41) is 15.5. The van der Waals surface area contributed by atoms with Crippen molar-refractivity contribution in [2.75, 3.05) is 12.4 Å². The van der Waals surface area contributed by atoms with Gasteiger partial charge in [0.25, 0.3) is 0 Å². The molecule has 21 heavy (non-hydrogen) atoms. The van der Waals surface area contributed by atoms with Gasteiger partial charge in [-0.3, -0.25) is 4.21 Å². The van der Waals surface area contributed by atoms with Gasteiger partial charge in [-0.15, -0.1) is 0 Å². The fourth-order valence-corrected chi connectivity index (χ4v) is 4.67. The second-order valence-electron chi connectivity index (χ2n) is 6.55. The van der Waals surface area contributed by atoms with Crippen LogP contribution in [0.15, 0.2) is 0 Å². The van der Waals surface area contributed by atoms with Crippen molar-refractivity contribution in [3.63, 3.8) is 0 Å². The molecule has 6 heteroatoms. The van der Waals surface area contributed by atoms with E-state index in [1.165, 1.54) is 0 Å². The Bertz CT molecular complexity index is 400. The molecule has 0 saturated heterocycles. The summed E-state index contributed by atoms with van der Waals surface area (Å²) in [7, 11) is -0.873. The molecular formula is C15H28N2O3S. The van der Waals surface area contributed by atoms with E-state index in [0.717, 1.165) is 38.5 Å². The fourth-order valence-electron chi connectivity index (χ4n) is 3.25. The van der Waals surface area contributed by atoms with Crippen molar-refractivity contribution in [2.24, 2.45) is 5.92 Å². The SMILES string of the molecule is CCS(=O)C1CCCCC1NC(=O)NC(C)(CO)C1CC1.